The molecule has 0 aliphatic heterocycles. The predicted molar refractivity (Wildman–Crippen MR) is 78.9 cm³/mol. The van der Waals surface area contributed by atoms with Crippen LogP contribution in [-0.2, 0) is 6.61 Å². The number of nitrogens with two attached hydrogens (primary N) is 1. The fraction of sp³-hybridized carbons (Fsp3) is 0.214. The van der Waals surface area contributed by atoms with Crippen LogP contribution in [-0.4, -0.2) is 9.91 Å². The maximum Gasteiger partial charge on any atom is 0.311 e. The Hall–Kier alpha value is -2.67. The maximum absolute atomic E-state index is 11.1. The van der Waals surface area contributed by atoms with Gasteiger partial charge in [-0.25, -0.2) is 0 Å². The highest BCUT2D eigenvalue weighted by Crippen LogP contribution is 2.32. The van der Waals surface area contributed by atoms with Crippen molar-refractivity contribution in [2.75, 3.05) is 5.43 Å². The molecule has 0 aliphatic carbocycles. The third-order valence-electron chi connectivity index (χ3n) is 2.94. The van der Waals surface area contributed by atoms with Crippen LogP contribution in [0.1, 0.15) is 16.8 Å². The summed E-state index contributed by atoms with van der Waals surface area (Å²) < 4.78 is 5.60. The van der Waals surface area contributed by atoms with Crippen molar-refractivity contribution in [1.82, 2.24) is 4.98 Å². The monoisotopic (exact) mass is 288 g/mol. The highest BCUT2D eigenvalue weighted by atomic mass is 16.6. The van der Waals surface area contributed by atoms with Crippen LogP contribution < -0.4 is 16.0 Å². The molecule has 0 aliphatic rings. The number of nitro benzene ring substituents is 1. The lowest BCUT2D eigenvalue weighted by Crippen LogP contribution is -2.08. The Morgan fingerprint density at radius 2 is 2.14 bits per heavy atom. The average molecular weight is 288 g/mol. The molecule has 0 unspecified atom stereocenters. The van der Waals surface area contributed by atoms with Crippen molar-refractivity contribution < 1.29 is 9.66 Å². The van der Waals surface area contributed by atoms with E-state index in [-0.39, 0.29) is 18.0 Å². The van der Waals surface area contributed by atoms with Gasteiger partial charge in [0.25, 0.3) is 0 Å². The second-order valence-electron chi connectivity index (χ2n) is 4.66. The standard InChI is InChI=1S/C14H16N4O3/c1-9-5-10(2)14(13(6-9)18(19)20)21-8-12-7-11(17-15)3-4-16-12/h3-7H,8,15H2,1-2H3,(H,16,17). The number of hydrazine groups is 1. The molecule has 110 valence electrons. The minimum Gasteiger partial charge on any atom is -0.480 e. The van der Waals surface area contributed by atoms with Crippen molar-refractivity contribution >= 4 is 11.4 Å². The maximum atomic E-state index is 11.1. The van der Waals surface area contributed by atoms with Crippen LogP contribution >= 0.6 is 0 Å². The second kappa shape index (κ2) is 6.19. The molecule has 0 saturated heterocycles. The van der Waals surface area contributed by atoms with E-state index in [2.05, 4.69) is 10.4 Å². The summed E-state index contributed by atoms with van der Waals surface area (Å²) in [5.74, 6) is 5.59. The first-order valence-electron chi connectivity index (χ1n) is 6.31. The van der Waals surface area contributed by atoms with E-state index in [4.69, 9.17) is 10.6 Å². The Morgan fingerprint density at radius 1 is 1.38 bits per heavy atom. The highest BCUT2D eigenvalue weighted by molar-refractivity contribution is 5.53. The fourth-order valence-electron chi connectivity index (χ4n) is 2.05. The number of nitrogens with one attached hydrogen (secondary N) is 1. The number of pyridine rings is 1. The lowest BCUT2D eigenvalue weighted by molar-refractivity contribution is -0.386. The smallest absolute Gasteiger partial charge is 0.311 e. The van der Waals surface area contributed by atoms with Gasteiger partial charge in [0.15, 0.2) is 5.75 Å². The summed E-state index contributed by atoms with van der Waals surface area (Å²) in [4.78, 5) is 14.8. The first-order chi connectivity index (χ1) is 10.0. The Kier molecular flexibility index (Phi) is 4.34. The molecule has 0 saturated carbocycles. The number of hydrogen-bond acceptors (Lipinski definition) is 6. The minimum atomic E-state index is -0.444. The first-order valence-corrected chi connectivity index (χ1v) is 6.31. The van der Waals surface area contributed by atoms with Crippen LogP contribution in [0.4, 0.5) is 11.4 Å². The molecule has 0 bridgehead atoms. The lowest BCUT2D eigenvalue weighted by atomic mass is 10.1. The molecule has 3 N–H and O–H groups in total. The molecule has 1 aromatic heterocycles. The summed E-state index contributed by atoms with van der Waals surface area (Å²) in [7, 11) is 0. The van der Waals surface area contributed by atoms with Gasteiger partial charge in [-0.2, -0.15) is 0 Å². The van der Waals surface area contributed by atoms with Gasteiger partial charge >= 0.3 is 5.69 Å². The van der Waals surface area contributed by atoms with Crippen LogP contribution in [0.15, 0.2) is 30.5 Å². The number of nitro groups is 1. The van der Waals surface area contributed by atoms with Crippen LogP contribution in [0.3, 0.4) is 0 Å². The van der Waals surface area contributed by atoms with Gasteiger partial charge < -0.3 is 10.2 Å². The Morgan fingerprint density at radius 3 is 2.81 bits per heavy atom. The van der Waals surface area contributed by atoms with Crippen LogP contribution in [0, 0.1) is 24.0 Å². The summed E-state index contributed by atoms with van der Waals surface area (Å²) in [5, 5.41) is 11.1. The third-order valence-corrected chi connectivity index (χ3v) is 2.94. The van der Waals surface area contributed by atoms with Gasteiger partial charge in [-0.1, -0.05) is 6.07 Å². The van der Waals surface area contributed by atoms with Gasteiger partial charge in [0.2, 0.25) is 0 Å². The van der Waals surface area contributed by atoms with Gasteiger partial charge in [-0.05, 0) is 37.1 Å². The van der Waals surface area contributed by atoms with E-state index in [1.54, 1.807) is 25.3 Å². The largest absolute Gasteiger partial charge is 0.480 e. The molecular weight excluding hydrogens is 272 g/mol. The van der Waals surface area contributed by atoms with Gasteiger partial charge in [-0.3, -0.25) is 20.9 Å². The van der Waals surface area contributed by atoms with Crippen molar-refractivity contribution in [2.45, 2.75) is 20.5 Å². The number of aryl methyl sites for hydroxylation is 2. The zero-order valence-electron chi connectivity index (χ0n) is 11.8. The fourth-order valence-corrected chi connectivity index (χ4v) is 2.05. The van der Waals surface area contributed by atoms with Gasteiger partial charge in [0, 0.05) is 12.3 Å². The number of ether oxygens (including phenoxy) is 1. The SMILES string of the molecule is Cc1cc(C)c(OCc2cc(NN)ccn2)c([N+](=O)[O-])c1. The molecule has 0 spiro atoms. The number of hydrogen-bond donors (Lipinski definition) is 2. The molecule has 0 atom stereocenters. The zero-order chi connectivity index (χ0) is 15.4. The molecular formula is C14H16N4O3. The third kappa shape index (κ3) is 3.46. The van der Waals surface area contributed by atoms with Gasteiger partial charge in [-0.15, -0.1) is 0 Å². The van der Waals surface area contributed by atoms with Crippen LogP contribution in [0.25, 0.3) is 0 Å². The number of benzene rings is 1. The number of nitrogen functional groups attached to an aromatic ring is 1. The Labute approximate surface area is 121 Å². The molecule has 1 aromatic carbocycles. The molecule has 7 heteroatoms. The quantitative estimate of drug-likeness (QED) is 0.497. The summed E-state index contributed by atoms with van der Waals surface area (Å²) in [6.07, 6.45) is 1.59. The normalized spacial score (nSPS) is 10.2. The molecule has 7 nitrogen and oxygen atoms in total. The van der Waals surface area contributed by atoms with E-state index in [9.17, 15) is 10.1 Å². The second-order valence-corrected chi connectivity index (χ2v) is 4.66. The number of anilines is 1. The molecule has 0 fully saturated rings. The summed E-state index contributed by atoms with van der Waals surface area (Å²) in [6.45, 7) is 3.71. The summed E-state index contributed by atoms with van der Waals surface area (Å²) in [6, 6.07) is 6.76. The van der Waals surface area contributed by atoms with E-state index in [1.165, 1.54) is 6.07 Å². The van der Waals surface area contributed by atoms with Crippen molar-refractivity contribution in [2.24, 2.45) is 5.84 Å². The highest BCUT2D eigenvalue weighted by Gasteiger charge is 2.18. The van der Waals surface area contributed by atoms with Gasteiger partial charge in [0.1, 0.15) is 6.61 Å². The number of aromatic nitrogens is 1. The number of nitrogens with zero attached hydrogens (tertiary/aromatic N) is 2. The minimum absolute atomic E-state index is 0.0411. The van der Waals surface area contributed by atoms with Crippen molar-refractivity contribution in [3.05, 3.63) is 57.4 Å². The first kappa shape index (κ1) is 14.7. The molecule has 2 rings (SSSR count). The predicted octanol–water partition coefficient (Wildman–Crippen LogP) is 2.47. The van der Waals surface area contributed by atoms with E-state index in [1.807, 2.05) is 13.0 Å². The van der Waals surface area contributed by atoms with E-state index < -0.39 is 4.92 Å². The summed E-state index contributed by atoms with van der Waals surface area (Å²) in [5.41, 5.74) is 5.32. The molecule has 0 radical (unpaired) electrons. The van der Waals surface area contributed by atoms with Crippen LogP contribution in [0.2, 0.25) is 0 Å². The topological polar surface area (TPSA) is 103 Å². The van der Waals surface area contributed by atoms with Gasteiger partial charge in [0.05, 0.1) is 16.3 Å². The van der Waals surface area contributed by atoms with E-state index >= 15 is 0 Å². The molecule has 0 amide bonds. The molecule has 21 heavy (non-hydrogen) atoms. The Balaban J connectivity index is 2.25. The van der Waals surface area contributed by atoms with E-state index in [0.717, 1.165) is 11.1 Å². The van der Waals surface area contributed by atoms with Crippen molar-refractivity contribution in [3.63, 3.8) is 0 Å². The Bertz CT molecular complexity index is 673. The summed E-state index contributed by atoms with van der Waals surface area (Å²) >= 11 is 0. The zero-order valence-corrected chi connectivity index (χ0v) is 11.8. The van der Waals surface area contributed by atoms with Crippen molar-refractivity contribution in [1.29, 1.82) is 0 Å². The lowest BCUT2D eigenvalue weighted by Gasteiger charge is -2.10. The van der Waals surface area contributed by atoms with Crippen LogP contribution in [0.5, 0.6) is 5.75 Å². The number of rotatable bonds is 5. The van der Waals surface area contributed by atoms with E-state index in [0.29, 0.717) is 11.4 Å². The molecule has 1 heterocycles. The van der Waals surface area contributed by atoms with Crippen molar-refractivity contribution in [3.8, 4) is 5.75 Å². The molecule has 2 aromatic rings. The average Bonchev–Trinajstić information content (AvgIpc) is 2.45.